The van der Waals surface area contributed by atoms with E-state index in [0.29, 0.717) is 0 Å². The van der Waals surface area contributed by atoms with E-state index in [1.807, 2.05) is 12.2 Å². The molecule has 1 heteroatoms. The minimum absolute atomic E-state index is 0.839. The molecule has 1 nitrogen and oxygen atoms in total. The van der Waals surface area contributed by atoms with Crippen LogP contribution in [0.3, 0.4) is 0 Å². The van der Waals surface area contributed by atoms with Gasteiger partial charge < -0.3 is 5.32 Å². The van der Waals surface area contributed by atoms with Crippen molar-refractivity contribution in [2.24, 2.45) is 0 Å². The van der Waals surface area contributed by atoms with Gasteiger partial charge in [-0.2, -0.15) is 0 Å². The average molecular weight is 201 g/mol. The van der Waals surface area contributed by atoms with Crippen molar-refractivity contribution in [3.8, 4) is 0 Å². The Balaban J connectivity index is 2.18. The molecule has 0 aromatic heterocycles. The van der Waals surface area contributed by atoms with Gasteiger partial charge in [0.25, 0.3) is 0 Å². The van der Waals surface area contributed by atoms with E-state index in [0.717, 1.165) is 18.7 Å². The lowest BCUT2D eigenvalue weighted by molar-refractivity contribution is 0.763. The van der Waals surface area contributed by atoms with E-state index in [9.17, 15) is 0 Å². The van der Waals surface area contributed by atoms with Crippen LogP contribution in [0.2, 0.25) is 0 Å². The van der Waals surface area contributed by atoms with Crippen LogP contribution in [-0.4, -0.2) is 13.1 Å². The van der Waals surface area contributed by atoms with Gasteiger partial charge in [-0.3, -0.25) is 0 Å². The molecule has 0 bridgehead atoms. The summed E-state index contributed by atoms with van der Waals surface area (Å²) < 4.78 is 0. The van der Waals surface area contributed by atoms with Crippen molar-refractivity contribution in [3.05, 3.63) is 60.8 Å². The smallest absolute Gasteiger partial charge is 0.0202 e. The quantitative estimate of drug-likeness (QED) is 0.651. The van der Waals surface area contributed by atoms with Gasteiger partial charge in [0.1, 0.15) is 0 Å². The van der Waals surface area contributed by atoms with Crippen LogP contribution in [-0.2, 0) is 0 Å². The Morgan fingerprint density at radius 2 is 2.40 bits per heavy atom. The van der Waals surface area contributed by atoms with Gasteiger partial charge in [-0.15, -0.1) is 0 Å². The lowest BCUT2D eigenvalue weighted by Gasteiger charge is -2.10. The number of rotatable bonds is 6. The van der Waals surface area contributed by atoms with Crippen molar-refractivity contribution in [3.63, 3.8) is 0 Å². The summed E-state index contributed by atoms with van der Waals surface area (Å²) in [6.45, 7) is 9.37. The molecule has 0 aromatic rings. The molecule has 0 amide bonds. The van der Waals surface area contributed by atoms with Crippen molar-refractivity contribution in [2.75, 3.05) is 13.1 Å². The van der Waals surface area contributed by atoms with E-state index < -0.39 is 0 Å². The molecule has 15 heavy (non-hydrogen) atoms. The fourth-order valence-electron chi connectivity index (χ4n) is 1.45. The van der Waals surface area contributed by atoms with Crippen molar-refractivity contribution in [1.82, 2.24) is 5.32 Å². The van der Waals surface area contributed by atoms with Crippen LogP contribution in [0.15, 0.2) is 60.8 Å². The molecule has 0 aromatic carbocycles. The van der Waals surface area contributed by atoms with Crippen molar-refractivity contribution < 1.29 is 0 Å². The second-order valence-corrected chi connectivity index (χ2v) is 3.65. The van der Waals surface area contributed by atoms with E-state index in [4.69, 9.17) is 0 Å². The largest absolute Gasteiger partial charge is 0.309 e. The maximum absolute atomic E-state index is 3.94. The normalized spacial score (nSPS) is 15.3. The predicted octanol–water partition coefficient (Wildman–Crippen LogP) is 3.15. The molecule has 1 rings (SSSR count). The topological polar surface area (TPSA) is 12.0 Å². The summed E-state index contributed by atoms with van der Waals surface area (Å²) in [4.78, 5) is 0. The molecular weight excluding hydrogens is 182 g/mol. The molecule has 0 saturated carbocycles. The summed E-state index contributed by atoms with van der Waals surface area (Å²) >= 11 is 0. The van der Waals surface area contributed by atoms with Gasteiger partial charge >= 0.3 is 0 Å². The second kappa shape index (κ2) is 7.02. The van der Waals surface area contributed by atoms with Crippen LogP contribution in [0.5, 0.6) is 0 Å². The van der Waals surface area contributed by atoms with Crippen LogP contribution in [0, 0.1) is 0 Å². The van der Waals surface area contributed by atoms with Gasteiger partial charge in [-0.1, -0.05) is 55.2 Å². The zero-order chi connectivity index (χ0) is 10.9. The molecule has 0 aliphatic heterocycles. The van der Waals surface area contributed by atoms with Crippen molar-refractivity contribution >= 4 is 0 Å². The predicted molar refractivity (Wildman–Crippen MR) is 67.8 cm³/mol. The molecule has 1 aliphatic carbocycles. The van der Waals surface area contributed by atoms with Crippen LogP contribution >= 0.6 is 0 Å². The van der Waals surface area contributed by atoms with Crippen LogP contribution in [0.4, 0.5) is 0 Å². The fraction of sp³-hybridized carbons (Fsp3) is 0.286. The minimum atomic E-state index is 0.839. The molecule has 0 fully saturated rings. The first-order valence-electron chi connectivity index (χ1n) is 5.35. The Hall–Kier alpha value is -1.34. The molecule has 0 unspecified atom stereocenters. The van der Waals surface area contributed by atoms with Gasteiger partial charge in [0.15, 0.2) is 0 Å². The van der Waals surface area contributed by atoms with Crippen LogP contribution in [0.25, 0.3) is 0 Å². The number of hydrogen-bond donors (Lipinski definition) is 1. The highest BCUT2D eigenvalue weighted by Crippen LogP contribution is 2.10. The first kappa shape index (κ1) is 11.7. The molecule has 0 radical (unpaired) electrons. The molecular formula is C14H19N. The Kier molecular flexibility index (Phi) is 5.49. The number of nitrogens with one attached hydrogen (secondary N) is 1. The zero-order valence-corrected chi connectivity index (χ0v) is 9.21. The Morgan fingerprint density at radius 1 is 1.53 bits per heavy atom. The number of hydrogen-bond acceptors (Lipinski definition) is 1. The first-order chi connectivity index (χ1) is 7.33. The molecule has 80 valence electrons. The third-order valence-corrected chi connectivity index (χ3v) is 2.27. The van der Waals surface area contributed by atoms with Crippen molar-refractivity contribution in [2.45, 2.75) is 12.8 Å². The first-order valence-corrected chi connectivity index (χ1v) is 5.35. The third-order valence-electron chi connectivity index (χ3n) is 2.27. The van der Waals surface area contributed by atoms with Crippen molar-refractivity contribution in [1.29, 1.82) is 0 Å². The maximum atomic E-state index is 3.94. The zero-order valence-electron chi connectivity index (χ0n) is 9.21. The lowest BCUT2D eigenvalue weighted by atomic mass is 10.1. The fourth-order valence-corrected chi connectivity index (χ4v) is 1.45. The average Bonchev–Trinajstić information content (AvgIpc) is 2.28. The summed E-state index contributed by atoms with van der Waals surface area (Å²) in [6.07, 6.45) is 14.5. The highest BCUT2D eigenvalue weighted by molar-refractivity contribution is 5.21. The maximum Gasteiger partial charge on any atom is 0.0202 e. The molecule has 1 aliphatic rings. The van der Waals surface area contributed by atoms with E-state index in [-0.39, 0.29) is 0 Å². The van der Waals surface area contributed by atoms with Gasteiger partial charge in [0.05, 0.1) is 0 Å². The third kappa shape index (κ3) is 5.18. The SMILES string of the molecule is C=C/C=C\C(=C)CNCC1=CC=CCC1. The Labute approximate surface area is 92.6 Å². The molecule has 0 saturated heterocycles. The molecule has 1 N–H and O–H groups in total. The summed E-state index contributed by atoms with van der Waals surface area (Å²) in [5.74, 6) is 0. The van der Waals surface area contributed by atoms with E-state index in [2.05, 4.69) is 36.7 Å². The van der Waals surface area contributed by atoms with Gasteiger partial charge in [0, 0.05) is 13.1 Å². The summed E-state index contributed by atoms with van der Waals surface area (Å²) in [5.41, 5.74) is 2.56. The Morgan fingerprint density at radius 3 is 3.07 bits per heavy atom. The van der Waals surface area contributed by atoms with Gasteiger partial charge in [-0.25, -0.2) is 0 Å². The van der Waals surface area contributed by atoms with E-state index in [1.54, 1.807) is 6.08 Å². The minimum Gasteiger partial charge on any atom is -0.309 e. The highest BCUT2D eigenvalue weighted by atomic mass is 14.8. The van der Waals surface area contributed by atoms with E-state index >= 15 is 0 Å². The molecule has 0 atom stereocenters. The number of allylic oxidation sites excluding steroid dienone is 5. The van der Waals surface area contributed by atoms with Gasteiger partial charge in [-0.05, 0) is 18.4 Å². The standard InChI is InChI=1S/C14H19N/c1-3-4-8-13(2)11-15-12-14-9-6-5-7-10-14/h3-6,8-9,15H,1-2,7,10-12H2/b8-4-. The summed E-state index contributed by atoms with van der Waals surface area (Å²) in [6, 6.07) is 0. The summed E-state index contributed by atoms with van der Waals surface area (Å²) in [7, 11) is 0. The second-order valence-electron chi connectivity index (χ2n) is 3.65. The van der Waals surface area contributed by atoms with Gasteiger partial charge in [0.2, 0.25) is 0 Å². The summed E-state index contributed by atoms with van der Waals surface area (Å²) in [5, 5.41) is 3.38. The Bertz CT molecular complexity index is 305. The molecule has 0 heterocycles. The molecule has 0 spiro atoms. The monoisotopic (exact) mass is 201 g/mol. The van der Waals surface area contributed by atoms with Crippen LogP contribution in [0.1, 0.15) is 12.8 Å². The highest BCUT2D eigenvalue weighted by Gasteiger charge is 1.98. The van der Waals surface area contributed by atoms with Crippen LogP contribution < -0.4 is 5.32 Å². The lowest BCUT2D eigenvalue weighted by Crippen LogP contribution is -2.19. The van der Waals surface area contributed by atoms with E-state index in [1.165, 1.54) is 18.4 Å².